The number of halogens is 1. The van der Waals surface area contributed by atoms with Crippen LogP contribution in [-0.4, -0.2) is 50.1 Å². The highest BCUT2D eigenvalue weighted by atomic mass is 35.5. The van der Waals surface area contributed by atoms with Crippen LogP contribution in [0.4, 0.5) is 0 Å². The van der Waals surface area contributed by atoms with Crippen molar-refractivity contribution in [3.8, 4) is 0 Å². The molecule has 1 aromatic carbocycles. The van der Waals surface area contributed by atoms with Crippen LogP contribution in [0.5, 0.6) is 0 Å². The van der Waals surface area contributed by atoms with Crippen molar-refractivity contribution in [1.82, 2.24) is 9.29 Å². The summed E-state index contributed by atoms with van der Waals surface area (Å²) >= 11 is 0. The summed E-state index contributed by atoms with van der Waals surface area (Å²) in [6, 6.07) is 8.95. The van der Waals surface area contributed by atoms with Gasteiger partial charge in [0.15, 0.2) is 0 Å². The van der Waals surface area contributed by atoms with Crippen LogP contribution in [0.2, 0.25) is 0 Å². The van der Waals surface area contributed by atoms with E-state index in [4.69, 9.17) is 10.5 Å². The monoisotopic (exact) mass is 385 g/mol. The molecule has 1 aliphatic rings. The Bertz CT molecular complexity index is 787. The van der Waals surface area contributed by atoms with Crippen molar-refractivity contribution >= 4 is 33.3 Å². The van der Waals surface area contributed by atoms with Crippen LogP contribution in [0.15, 0.2) is 41.4 Å². The number of sulfonamides is 1. The number of aromatic nitrogens is 1. The highest BCUT2D eigenvalue weighted by Gasteiger charge is 2.31. The molecular weight excluding hydrogens is 362 g/mol. The molecule has 0 bridgehead atoms. The molecule has 0 spiro atoms. The first kappa shape index (κ1) is 20.1. The SMILES string of the molecule is Cl.NCCCOC1CCN(S(=O)(=O)c2cccc3cccnc23)CC1. The van der Waals surface area contributed by atoms with Crippen molar-refractivity contribution in [3.05, 3.63) is 36.5 Å². The third-order valence-electron chi connectivity index (χ3n) is 4.32. The summed E-state index contributed by atoms with van der Waals surface area (Å²) in [5, 5.41) is 0.832. The van der Waals surface area contributed by atoms with Gasteiger partial charge in [-0.15, -0.1) is 12.4 Å². The van der Waals surface area contributed by atoms with Gasteiger partial charge in [0.05, 0.1) is 11.6 Å². The fourth-order valence-electron chi connectivity index (χ4n) is 3.00. The maximum Gasteiger partial charge on any atom is 0.245 e. The van der Waals surface area contributed by atoms with E-state index in [1.807, 2.05) is 18.2 Å². The Morgan fingerprint density at radius 1 is 1.20 bits per heavy atom. The average molecular weight is 386 g/mol. The Morgan fingerprint density at radius 2 is 1.92 bits per heavy atom. The number of para-hydroxylation sites is 1. The summed E-state index contributed by atoms with van der Waals surface area (Å²) in [6.07, 6.45) is 4.00. The number of nitrogens with zero attached hydrogens (tertiary/aromatic N) is 2. The van der Waals surface area contributed by atoms with E-state index in [1.165, 1.54) is 0 Å². The lowest BCUT2D eigenvalue weighted by atomic mass is 10.1. The van der Waals surface area contributed by atoms with E-state index in [2.05, 4.69) is 4.98 Å². The van der Waals surface area contributed by atoms with E-state index in [0.29, 0.717) is 44.6 Å². The molecule has 0 saturated carbocycles. The van der Waals surface area contributed by atoms with Crippen LogP contribution in [0.25, 0.3) is 10.9 Å². The molecule has 0 unspecified atom stereocenters. The molecule has 1 aromatic heterocycles. The summed E-state index contributed by atoms with van der Waals surface area (Å²) < 4.78 is 33.3. The van der Waals surface area contributed by atoms with Crippen LogP contribution in [-0.2, 0) is 14.8 Å². The van der Waals surface area contributed by atoms with Gasteiger partial charge >= 0.3 is 0 Å². The summed E-state index contributed by atoms with van der Waals surface area (Å²) in [4.78, 5) is 4.55. The van der Waals surface area contributed by atoms with Gasteiger partial charge in [-0.3, -0.25) is 4.98 Å². The van der Waals surface area contributed by atoms with Crippen molar-refractivity contribution in [1.29, 1.82) is 0 Å². The van der Waals surface area contributed by atoms with Gasteiger partial charge in [0, 0.05) is 31.3 Å². The fourth-order valence-corrected chi connectivity index (χ4v) is 4.63. The molecule has 1 saturated heterocycles. The maximum absolute atomic E-state index is 13.0. The van der Waals surface area contributed by atoms with E-state index < -0.39 is 10.0 Å². The topological polar surface area (TPSA) is 85.5 Å². The standard InChI is InChI=1S/C17H23N3O3S.ClH/c18-9-3-13-23-15-7-11-20(12-8-15)24(21,22)16-6-1-4-14-5-2-10-19-17(14)16;/h1-2,4-6,10,15H,3,7-9,11-13,18H2;1H. The normalized spacial score (nSPS) is 16.7. The van der Waals surface area contributed by atoms with Crippen molar-refractivity contribution in [3.63, 3.8) is 0 Å². The van der Waals surface area contributed by atoms with Gasteiger partial charge in [0.25, 0.3) is 0 Å². The lowest BCUT2D eigenvalue weighted by Gasteiger charge is -2.31. The van der Waals surface area contributed by atoms with Crippen molar-refractivity contribution in [2.75, 3.05) is 26.2 Å². The number of rotatable bonds is 6. The first-order valence-corrected chi connectivity index (χ1v) is 9.72. The molecule has 1 aliphatic heterocycles. The number of hydrogen-bond donors (Lipinski definition) is 1. The van der Waals surface area contributed by atoms with Crippen molar-refractivity contribution in [2.45, 2.75) is 30.3 Å². The number of nitrogens with two attached hydrogens (primary N) is 1. The molecule has 8 heteroatoms. The minimum Gasteiger partial charge on any atom is -0.378 e. The molecule has 1 fully saturated rings. The highest BCUT2D eigenvalue weighted by molar-refractivity contribution is 7.89. The Hall–Kier alpha value is -1.25. The molecular formula is C17H24ClN3O3S. The van der Waals surface area contributed by atoms with Crippen LogP contribution in [0.3, 0.4) is 0 Å². The molecule has 2 aromatic rings. The number of benzene rings is 1. The van der Waals surface area contributed by atoms with Crippen LogP contribution < -0.4 is 5.73 Å². The zero-order chi connectivity index (χ0) is 17.0. The smallest absolute Gasteiger partial charge is 0.245 e. The summed E-state index contributed by atoms with van der Waals surface area (Å²) in [5.74, 6) is 0. The largest absolute Gasteiger partial charge is 0.378 e. The molecule has 6 nitrogen and oxygen atoms in total. The minimum absolute atomic E-state index is 0. The highest BCUT2D eigenvalue weighted by Crippen LogP contribution is 2.26. The van der Waals surface area contributed by atoms with E-state index >= 15 is 0 Å². The summed E-state index contributed by atoms with van der Waals surface area (Å²) in [6.45, 7) is 2.19. The Labute approximate surface area is 154 Å². The number of hydrogen-bond acceptors (Lipinski definition) is 5. The molecule has 2 heterocycles. The van der Waals surface area contributed by atoms with Gasteiger partial charge in [-0.05, 0) is 37.9 Å². The molecule has 3 rings (SSSR count). The minimum atomic E-state index is -3.54. The molecule has 25 heavy (non-hydrogen) atoms. The van der Waals surface area contributed by atoms with E-state index in [0.717, 1.165) is 11.8 Å². The maximum atomic E-state index is 13.0. The number of ether oxygens (including phenoxy) is 1. The first-order valence-electron chi connectivity index (χ1n) is 8.28. The average Bonchev–Trinajstić information content (AvgIpc) is 2.62. The molecule has 138 valence electrons. The fraction of sp³-hybridized carbons (Fsp3) is 0.471. The predicted octanol–water partition coefficient (Wildman–Crippen LogP) is 2.18. The van der Waals surface area contributed by atoms with Crippen molar-refractivity contribution in [2.24, 2.45) is 5.73 Å². The van der Waals surface area contributed by atoms with Crippen molar-refractivity contribution < 1.29 is 13.2 Å². The second-order valence-corrected chi connectivity index (χ2v) is 7.85. The summed E-state index contributed by atoms with van der Waals surface area (Å²) in [5.41, 5.74) is 5.99. The van der Waals surface area contributed by atoms with Gasteiger partial charge in [-0.25, -0.2) is 8.42 Å². The van der Waals surface area contributed by atoms with Gasteiger partial charge in [-0.2, -0.15) is 4.31 Å². The zero-order valence-corrected chi connectivity index (χ0v) is 15.6. The molecule has 0 aliphatic carbocycles. The Kier molecular flexibility index (Phi) is 7.15. The third-order valence-corrected chi connectivity index (χ3v) is 6.25. The third kappa shape index (κ3) is 4.48. The number of piperidine rings is 1. The first-order chi connectivity index (χ1) is 11.6. The molecule has 0 radical (unpaired) electrons. The quantitative estimate of drug-likeness (QED) is 0.770. The lowest BCUT2D eigenvalue weighted by molar-refractivity contribution is 0.0209. The van der Waals surface area contributed by atoms with E-state index in [9.17, 15) is 8.42 Å². The second-order valence-electron chi connectivity index (χ2n) is 5.95. The van der Waals surface area contributed by atoms with Crippen LogP contribution >= 0.6 is 12.4 Å². The predicted molar refractivity (Wildman–Crippen MR) is 100 cm³/mol. The van der Waals surface area contributed by atoms with Crippen LogP contribution in [0, 0.1) is 0 Å². The molecule has 2 N–H and O–H groups in total. The number of pyridine rings is 1. The number of fused-ring (bicyclic) bond motifs is 1. The Morgan fingerprint density at radius 3 is 2.64 bits per heavy atom. The second kappa shape index (κ2) is 8.91. The van der Waals surface area contributed by atoms with E-state index in [1.54, 1.807) is 22.6 Å². The van der Waals surface area contributed by atoms with Gasteiger partial charge in [-0.1, -0.05) is 18.2 Å². The van der Waals surface area contributed by atoms with Gasteiger partial charge in [0.1, 0.15) is 4.90 Å². The lowest BCUT2D eigenvalue weighted by Crippen LogP contribution is -2.41. The van der Waals surface area contributed by atoms with Gasteiger partial charge in [0.2, 0.25) is 10.0 Å². The van der Waals surface area contributed by atoms with E-state index in [-0.39, 0.29) is 23.4 Å². The Balaban J connectivity index is 0.00000225. The molecule has 0 amide bonds. The summed E-state index contributed by atoms with van der Waals surface area (Å²) in [7, 11) is -3.54. The van der Waals surface area contributed by atoms with Gasteiger partial charge < -0.3 is 10.5 Å². The van der Waals surface area contributed by atoms with Crippen LogP contribution in [0.1, 0.15) is 19.3 Å². The molecule has 0 atom stereocenters. The zero-order valence-electron chi connectivity index (χ0n) is 14.0.